The van der Waals surface area contributed by atoms with E-state index in [-0.39, 0.29) is 5.78 Å². The second-order valence-corrected chi connectivity index (χ2v) is 4.97. The highest BCUT2D eigenvalue weighted by Gasteiger charge is 2.24. The molecule has 1 fully saturated rings. The van der Waals surface area contributed by atoms with Crippen molar-refractivity contribution in [2.24, 2.45) is 0 Å². The van der Waals surface area contributed by atoms with E-state index in [4.69, 9.17) is 4.74 Å². The maximum absolute atomic E-state index is 11.5. The molecule has 0 aromatic carbocycles. The Bertz CT molecular complexity index is 420. The predicted molar refractivity (Wildman–Crippen MR) is 66.7 cm³/mol. The van der Waals surface area contributed by atoms with Crippen LogP contribution in [0.3, 0.4) is 0 Å². The van der Waals surface area contributed by atoms with Crippen molar-refractivity contribution >= 4 is 29.2 Å². The zero-order valence-electron chi connectivity index (χ0n) is 9.43. The highest BCUT2D eigenvalue weighted by Crippen LogP contribution is 2.18. The topological polar surface area (TPSA) is 43.4 Å². The first kappa shape index (κ1) is 12.0. The fourth-order valence-electron chi connectivity index (χ4n) is 1.79. The van der Waals surface area contributed by atoms with E-state index >= 15 is 0 Å². The second kappa shape index (κ2) is 5.77. The number of esters is 1. The first-order chi connectivity index (χ1) is 8.25. The SMILES string of the molecule is O=C(/C=C/c1cccs1)OC1CCCCC1=O. The molecule has 1 unspecified atom stereocenters. The normalized spacial score (nSPS) is 20.7. The number of carbonyl (C=O) groups excluding carboxylic acids is 2. The molecule has 3 nitrogen and oxygen atoms in total. The Morgan fingerprint density at radius 1 is 1.47 bits per heavy atom. The molecule has 1 atom stereocenters. The van der Waals surface area contributed by atoms with E-state index in [2.05, 4.69) is 0 Å². The van der Waals surface area contributed by atoms with Gasteiger partial charge in [0.25, 0.3) is 0 Å². The van der Waals surface area contributed by atoms with Crippen LogP contribution in [0.25, 0.3) is 6.08 Å². The van der Waals surface area contributed by atoms with Gasteiger partial charge in [0.15, 0.2) is 11.9 Å². The molecule has 0 radical (unpaired) electrons. The van der Waals surface area contributed by atoms with Crippen LogP contribution in [0.15, 0.2) is 23.6 Å². The molecular weight excluding hydrogens is 236 g/mol. The summed E-state index contributed by atoms with van der Waals surface area (Å²) in [5.41, 5.74) is 0. The molecule has 2 rings (SSSR count). The van der Waals surface area contributed by atoms with Crippen LogP contribution in [0.2, 0.25) is 0 Å². The Hall–Kier alpha value is -1.42. The lowest BCUT2D eigenvalue weighted by atomic mass is 9.96. The highest BCUT2D eigenvalue weighted by atomic mass is 32.1. The Balaban J connectivity index is 1.86. The van der Waals surface area contributed by atoms with Crippen molar-refractivity contribution in [2.75, 3.05) is 0 Å². The maximum Gasteiger partial charge on any atom is 0.331 e. The van der Waals surface area contributed by atoms with Crippen molar-refractivity contribution in [3.8, 4) is 0 Å². The third-order valence-electron chi connectivity index (χ3n) is 2.68. The van der Waals surface area contributed by atoms with Crippen molar-refractivity contribution in [1.82, 2.24) is 0 Å². The molecule has 0 N–H and O–H groups in total. The number of carbonyl (C=O) groups is 2. The van der Waals surface area contributed by atoms with Crippen molar-refractivity contribution < 1.29 is 14.3 Å². The summed E-state index contributed by atoms with van der Waals surface area (Å²) in [6.45, 7) is 0. The average Bonchev–Trinajstić information content (AvgIpc) is 2.82. The van der Waals surface area contributed by atoms with Crippen molar-refractivity contribution in [3.05, 3.63) is 28.5 Å². The van der Waals surface area contributed by atoms with E-state index < -0.39 is 12.1 Å². The standard InChI is InChI=1S/C13H14O3S/c14-11-5-1-2-6-12(11)16-13(15)8-7-10-4-3-9-17-10/h3-4,7-9,12H,1-2,5-6H2/b8-7+. The summed E-state index contributed by atoms with van der Waals surface area (Å²) in [5, 5.41) is 1.94. The maximum atomic E-state index is 11.5. The fraction of sp³-hybridized carbons (Fsp3) is 0.385. The Kier molecular flexibility index (Phi) is 4.09. The lowest BCUT2D eigenvalue weighted by molar-refractivity contribution is -0.152. The summed E-state index contributed by atoms with van der Waals surface area (Å²) in [6, 6.07) is 3.83. The summed E-state index contributed by atoms with van der Waals surface area (Å²) >= 11 is 1.55. The molecule has 1 saturated carbocycles. The summed E-state index contributed by atoms with van der Waals surface area (Å²) < 4.78 is 5.13. The molecule has 0 saturated heterocycles. The summed E-state index contributed by atoms with van der Waals surface area (Å²) in [5.74, 6) is -0.382. The summed E-state index contributed by atoms with van der Waals surface area (Å²) in [4.78, 5) is 24.0. The highest BCUT2D eigenvalue weighted by molar-refractivity contribution is 7.10. The molecule has 0 aliphatic heterocycles. The smallest absolute Gasteiger partial charge is 0.331 e. The Morgan fingerprint density at radius 2 is 2.35 bits per heavy atom. The van der Waals surface area contributed by atoms with Gasteiger partial charge in [0, 0.05) is 17.4 Å². The quantitative estimate of drug-likeness (QED) is 0.612. The summed E-state index contributed by atoms with van der Waals surface area (Å²) in [6.07, 6.45) is 5.64. The van der Waals surface area contributed by atoms with Crippen LogP contribution in [0.4, 0.5) is 0 Å². The van der Waals surface area contributed by atoms with Gasteiger partial charge in [0.2, 0.25) is 0 Å². The van der Waals surface area contributed by atoms with Crippen LogP contribution in [0.1, 0.15) is 30.6 Å². The van der Waals surface area contributed by atoms with Crippen molar-refractivity contribution in [1.29, 1.82) is 0 Å². The van der Waals surface area contributed by atoms with Gasteiger partial charge in [-0.05, 0) is 36.8 Å². The number of hydrogen-bond donors (Lipinski definition) is 0. The third kappa shape index (κ3) is 3.53. The van der Waals surface area contributed by atoms with Gasteiger partial charge in [-0.2, -0.15) is 0 Å². The van der Waals surface area contributed by atoms with Crippen LogP contribution < -0.4 is 0 Å². The van der Waals surface area contributed by atoms with E-state index in [0.29, 0.717) is 12.8 Å². The zero-order chi connectivity index (χ0) is 12.1. The molecule has 90 valence electrons. The fourth-order valence-corrected chi connectivity index (χ4v) is 2.41. The van der Waals surface area contributed by atoms with Crippen LogP contribution in [-0.4, -0.2) is 17.9 Å². The van der Waals surface area contributed by atoms with Gasteiger partial charge in [0.1, 0.15) is 0 Å². The van der Waals surface area contributed by atoms with E-state index in [9.17, 15) is 9.59 Å². The molecule has 0 amide bonds. The van der Waals surface area contributed by atoms with E-state index in [0.717, 1.165) is 17.7 Å². The van der Waals surface area contributed by atoms with Gasteiger partial charge < -0.3 is 4.74 Å². The first-order valence-electron chi connectivity index (χ1n) is 5.70. The third-order valence-corrected chi connectivity index (χ3v) is 3.52. The molecule has 1 aromatic rings. The van der Waals surface area contributed by atoms with E-state index in [1.54, 1.807) is 17.4 Å². The number of thiophene rings is 1. The molecule has 17 heavy (non-hydrogen) atoms. The average molecular weight is 250 g/mol. The largest absolute Gasteiger partial charge is 0.451 e. The minimum Gasteiger partial charge on any atom is -0.451 e. The van der Waals surface area contributed by atoms with Gasteiger partial charge in [0.05, 0.1) is 0 Å². The van der Waals surface area contributed by atoms with Gasteiger partial charge >= 0.3 is 5.97 Å². The molecule has 1 heterocycles. The monoisotopic (exact) mass is 250 g/mol. The lowest BCUT2D eigenvalue weighted by Crippen LogP contribution is -2.29. The van der Waals surface area contributed by atoms with Crippen LogP contribution >= 0.6 is 11.3 Å². The molecule has 0 bridgehead atoms. The van der Waals surface area contributed by atoms with Crippen LogP contribution in [0.5, 0.6) is 0 Å². The Labute approximate surface area is 104 Å². The minimum atomic E-state index is -0.524. The van der Waals surface area contributed by atoms with Gasteiger partial charge in [-0.1, -0.05) is 6.07 Å². The van der Waals surface area contributed by atoms with Crippen molar-refractivity contribution in [2.45, 2.75) is 31.8 Å². The number of rotatable bonds is 3. The first-order valence-corrected chi connectivity index (χ1v) is 6.58. The van der Waals surface area contributed by atoms with Crippen molar-refractivity contribution in [3.63, 3.8) is 0 Å². The second-order valence-electron chi connectivity index (χ2n) is 3.99. The van der Waals surface area contributed by atoms with Gasteiger partial charge in [-0.15, -0.1) is 11.3 Å². The van der Waals surface area contributed by atoms with E-state index in [1.165, 1.54) is 6.08 Å². The molecule has 1 aliphatic carbocycles. The van der Waals surface area contributed by atoms with Crippen LogP contribution in [0, 0.1) is 0 Å². The van der Waals surface area contributed by atoms with Gasteiger partial charge in [-0.25, -0.2) is 4.79 Å². The molecular formula is C13H14O3S. The lowest BCUT2D eigenvalue weighted by Gasteiger charge is -2.19. The predicted octanol–water partition coefficient (Wildman–Crippen LogP) is 2.82. The number of Topliss-reactive ketones (excluding diaryl/α,β-unsaturated/α-hetero) is 1. The Morgan fingerprint density at radius 3 is 3.06 bits per heavy atom. The zero-order valence-corrected chi connectivity index (χ0v) is 10.2. The minimum absolute atomic E-state index is 0.0501. The molecule has 4 heteroatoms. The van der Waals surface area contributed by atoms with Crippen LogP contribution in [-0.2, 0) is 14.3 Å². The summed E-state index contributed by atoms with van der Waals surface area (Å²) in [7, 11) is 0. The number of ketones is 1. The molecule has 1 aromatic heterocycles. The van der Waals surface area contributed by atoms with E-state index in [1.807, 2.05) is 17.5 Å². The van der Waals surface area contributed by atoms with Gasteiger partial charge in [-0.3, -0.25) is 4.79 Å². The number of ether oxygens (including phenoxy) is 1. The molecule has 1 aliphatic rings. The molecule has 0 spiro atoms. The number of hydrogen-bond acceptors (Lipinski definition) is 4.